The van der Waals surface area contributed by atoms with Gasteiger partial charge in [0.15, 0.2) is 0 Å². The van der Waals surface area contributed by atoms with Crippen molar-refractivity contribution in [2.45, 2.75) is 12.5 Å². The molecular formula is C14H14BrClN2. The second kappa shape index (κ2) is 5.83. The predicted molar refractivity (Wildman–Crippen MR) is 79.2 cm³/mol. The summed E-state index contributed by atoms with van der Waals surface area (Å²) in [5.41, 5.74) is 4.07. The van der Waals surface area contributed by atoms with Crippen molar-refractivity contribution in [3.05, 3.63) is 63.9 Å². The topological polar surface area (TPSA) is 24.9 Å². The van der Waals surface area contributed by atoms with Crippen LogP contribution in [0.2, 0.25) is 0 Å². The smallest absolute Gasteiger partial charge is 0.0306 e. The highest BCUT2D eigenvalue weighted by Crippen LogP contribution is 2.31. The van der Waals surface area contributed by atoms with Crippen LogP contribution in [0.15, 0.2) is 47.2 Å². The van der Waals surface area contributed by atoms with Crippen molar-refractivity contribution in [3.8, 4) is 0 Å². The Balaban J connectivity index is 0.00000120. The van der Waals surface area contributed by atoms with E-state index in [9.17, 15) is 0 Å². The first-order valence-electron chi connectivity index (χ1n) is 5.73. The van der Waals surface area contributed by atoms with Gasteiger partial charge in [-0.2, -0.15) is 0 Å². The molecule has 0 saturated carbocycles. The maximum Gasteiger partial charge on any atom is 0.0306 e. The number of pyridine rings is 1. The minimum Gasteiger partial charge on any atom is -0.312 e. The number of rotatable bonds is 1. The van der Waals surface area contributed by atoms with Gasteiger partial charge in [0.1, 0.15) is 0 Å². The van der Waals surface area contributed by atoms with E-state index in [1.54, 1.807) is 0 Å². The molecular weight excluding hydrogens is 312 g/mol. The molecule has 0 spiro atoms. The Kier molecular flexibility index (Phi) is 4.38. The summed E-state index contributed by atoms with van der Waals surface area (Å²) in [6.07, 6.45) is 3.78. The Labute approximate surface area is 121 Å². The molecule has 1 aromatic heterocycles. The monoisotopic (exact) mass is 324 g/mol. The lowest BCUT2D eigenvalue weighted by atomic mass is 9.86. The van der Waals surface area contributed by atoms with Crippen molar-refractivity contribution in [2.24, 2.45) is 0 Å². The summed E-state index contributed by atoms with van der Waals surface area (Å²) in [5, 5.41) is 3.47. The molecule has 4 heteroatoms. The summed E-state index contributed by atoms with van der Waals surface area (Å²) in [5.74, 6) is 0.417. The lowest BCUT2D eigenvalue weighted by Crippen LogP contribution is -2.28. The van der Waals surface area contributed by atoms with Crippen LogP contribution in [0.25, 0.3) is 0 Å². The zero-order valence-electron chi connectivity index (χ0n) is 9.77. The van der Waals surface area contributed by atoms with Crippen LogP contribution in [0.4, 0.5) is 0 Å². The molecule has 94 valence electrons. The fraction of sp³-hybridized carbons (Fsp3) is 0.214. The van der Waals surface area contributed by atoms with Crippen LogP contribution in [0, 0.1) is 0 Å². The van der Waals surface area contributed by atoms with Crippen LogP contribution < -0.4 is 5.32 Å². The Bertz CT molecular complexity index is 531. The van der Waals surface area contributed by atoms with Gasteiger partial charge < -0.3 is 5.32 Å². The predicted octanol–water partition coefficient (Wildman–Crippen LogP) is 3.50. The van der Waals surface area contributed by atoms with Gasteiger partial charge in [-0.25, -0.2) is 0 Å². The van der Waals surface area contributed by atoms with E-state index in [1.807, 2.05) is 18.5 Å². The lowest BCUT2D eigenvalue weighted by molar-refractivity contribution is 0.590. The van der Waals surface area contributed by atoms with Crippen molar-refractivity contribution in [1.29, 1.82) is 0 Å². The zero-order chi connectivity index (χ0) is 11.7. The number of fused-ring (bicyclic) bond motifs is 1. The molecule has 1 aromatic carbocycles. The van der Waals surface area contributed by atoms with Crippen molar-refractivity contribution < 1.29 is 0 Å². The third-order valence-corrected chi connectivity index (χ3v) is 3.72. The molecule has 1 aliphatic rings. The Morgan fingerprint density at radius 3 is 2.94 bits per heavy atom. The molecule has 1 unspecified atom stereocenters. The van der Waals surface area contributed by atoms with E-state index < -0.39 is 0 Å². The molecule has 3 rings (SSSR count). The summed E-state index contributed by atoms with van der Waals surface area (Å²) in [6.45, 7) is 1.94. The van der Waals surface area contributed by atoms with Crippen LogP contribution in [-0.2, 0) is 6.54 Å². The third-order valence-electron chi connectivity index (χ3n) is 3.23. The molecule has 0 radical (unpaired) electrons. The number of hydrogen-bond acceptors (Lipinski definition) is 2. The highest BCUT2D eigenvalue weighted by atomic mass is 79.9. The van der Waals surface area contributed by atoms with E-state index in [2.05, 4.69) is 50.5 Å². The molecule has 1 aliphatic heterocycles. The summed E-state index contributed by atoms with van der Waals surface area (Å²) < 4.78 is 1.14. The van der Waals surface area contributed by atoms with Gasteiger partial charge in [0, 0.05) is 35.9 Å². The van der Waals surface area contributed by atoms with Gasteiger partial charge in [0.25, 0.3) is 0 Å². The van der Waals surface area contributed by atoms with E-state index in [1.165, 1.54) is 16.7 Å². The Hall–Kier alpha value is -0.900. The Morgan fingerprint density at radius 1 is 1.28 bits per heavy atom. The largest absolute Gasteiger partial charge is 0.312 e. The van der Waals surface area contributed by atoms with Gasteiger partial charge in [0.05, 0.1) is 0 Å². The average molecular weight is 326 g/mol. The summed E-state index contributed by atoms with van der Waals surface area (Å²) in [4.78, 5) is 4.21. The Morgan fingerprint density at radius 2 is 2.17 bits per heavy atom. The number of benzene rings is 1. The number of nitrogens with zero attached hydrogens (tertiary/aromatic N) is 1. The van der Waals surface area contributed by atoms with Crippen molar-refractivity contribution >= 4 is 28.3 Å². The number of aromatic nitrogens is 1. The highest BCUT2D eigenvalue weighted by Gasteiger charge is 2.21. The van der Waals surface area contributed by atoms with E-state index in [0.717, 1.165) is 17.6 Å². The quantitative estimate of drug-likeness (QED) is 0.868. The molecule has 2 aromatic rings. The molecule has 0 aliphatic carbocycles. The van der Waals surface area contributed by atoms with Crippen LogP contribution in [0.3, 0.4) is 0 Å². The number of halogens is 2. The SMILES string of the molecule is Brc1ccc2c(c1)CNCC2c1cccnc1.Cl. The third kappa shape index (κ3) is 2.58. The van der Waals surface area contributed by atoms with Crippen LogP contribution in [-0.4, -0.2) is 11.5 Å². The van der Waals surface area contributed by atoms with Gasteiger partial charge in [-0.05, 0) is 34.9 Å². The van der Waals surface area contributed by atoms with Gasteiger partial charge >= 0.3 is 0 Å². The average Bonchev–Trinajstić information content (AvgIpc) is 2.39. The highest BCUT2D eigenvalue weighted by molar-refractivity contribution is 9.10. The summed E-state index contributed by atoms with van der Waals surface area (Å²) >= 11 is 3.53. The van der Waals surface area contributed by atoms with Gasteiger partial charge in [-0.3, -0.25) is 4.98 Å². The summed E-state index contributed by atoms with van der Waals surface area (Å²) in [7, 11) is 0. The molecule has 0 saturated heterocycles. The van der Waals surface area contributed by atoms with Crippen molar-refractivity contribution in [3.63, 3.8) is 0 Å². The first-order valence-corrected chi connectivity index (χ1v) is 6.53. The molecule has 18 heavy (non-hydrogen) atoms. The standard InChI is InChI=1S/C14H13BrN2.ClH/c15-12-3-4-13-11(6-12)8-17-9-14(13)10-2-1-5-16-7-10;/h1-7,14,17H,8-9H2;1H. The first kappa shape index (κ1) is 13.5. The minimum atomic E-state index is 0. The van der Waals surface area contributed by atoms with Gasteiger partial charge in [0.2, 0.25) is 0 Å². The molecule has 2 heterocycles. The normalized spacial score (nSPS) is 17.7. The van der Waals surface area contributed by atoms with Crippen LogP contribution in [0.5, 0.6) is 0 Å². The molecule has 2 nitrogen and oxygen atoms in total. The van der Waals surface area contributed by atoms with E-state index in [-0.39, 0.29) is 12.4 Å². The number of nitrogens with one attached hydrogen (secondary N) is 1. The molecule has 1 N–H and O–H groups in total. The lowest BCUT2D eigenvalue weighted by Gasteiger charge is -2.26. The molecule has 0 amide bonds. The van der Waals surface area contributed by atoms with Crippen molar-refractivity contribution in [1.82, 2.24) is 10.3 Å². The fourth-order valence-corrected chi connectivity index (χ4v) is 2.82. The summed E-state index contributed by atoms with van der Waals surface area (Å²) in [6, 6.07) is 10.7. The van der Waals surface area contributed by atoms with Gasteiger partial charge in [-0.15, -0.1) is 12.4 Å². The maximum absolute atomic E-state index is 4.21. The second-order valence-corrected chi connectivity index (χ2v) is 5.23. The van der Waals surface area contributed by atoms with E-state index >= 15 is 0 Å². The second-order valence-electron chi connectivity index (χ2n) is 4.31. The van der Waals surface area contributed by atoms with E-state index in [4.69, 9.17) is 0 Å². The van der Waals surface area contributed by atoms with E-state index in [0.29, 0.717) is 5.92 Å². The number of hydrogen-bond donors (Lipinski definition) is 1. The van der Waals surface area contributed by atoms with Crippen molar-refractivity contribution in [2.75, 3.05) is 6.54 Å². The fourth-order valence-electron chi connectivity index (χ4n) is 2.41. The first-order chi connectivity index (χ1) is 8.34. The zero-order valence-corrected chi connectivity index (χ0v) is 12.2. The molecule has 0 fully saturated rings. The minimum absolute atomic E-state index is 0. The molecule has 0 bridgehead atoms. The van der Waals surface area contributed by atoms with Crippen LogP contribution >= 0.6 is 28.3 Å². The molecule has 1 atom stereocenters. The van der Waals surface area contributed by atoms with Gasteiger partial charge in [-0.1, -0.05) is 28.1 Å². The van der Waals surface area contributed by atoms with Crippen LogP contribution in [0.1, 0.15) is 22.6 Å². The maximum atomic E-state index is 4.21.